The maximum atomic E-state index is 11.6. The van der Waals surface area contributed by atoms with Gasteiger partial charge in [0.2, 0.25) is 5.82 Å². The molecule has 3 heterocycles. The number of thiazole rings is 1. The van der Waals surface area contributed by atoms with Crippen LogP contribution in [-0.2, 0) is 6.42 Å². The highest BCUT2D eigenvalue weighted by atomic mass is 32.1. The van der Waals surface area contributed by atoms with Gasteiger partial charge < -0.3 is 10.6 Å². The van der Waals surface area contributed by atoms with Crippen LogP contribution in [0.15, 0.2) is 66.2 Å². The fourth-order valence-electron chi connectivity index (χ4n) is 4.47. The van der Waals surface area contributed by atoms with E-state index < -0.39 is 4.92 Å². The van der Waals surface area contributed by atoms with E-state index in [1.54, 1.807) is 23.6 Å². The van der Waals surface area contributed by atoms with Crippen LogP contribution < -0.4 is 10.6 Å². The number of pyridine rings is 2. The zero-order valence-corrected chi connectivity index (χ0v) is 20.7. The van der Waals surface area contributed by atoms with Crippen molar-refractivity contribution in [2.45, 2.75) is 44.4 Å². The maximum absolute atomic E-state index is 11.6. The Morgan fingerprint density at radius 3 is 2.58 bits per heavy atom. The summed E-state index contributed by atoms with van der Waals surface area (Å²) in [6, 6.07) is 16.7. The van der Waals surface area contributed by atoms with E-state index in [9.17, 15) is 10.1 Å². The van der Waals surface area contributed by atoms with Crippen LogP contribution in [0.4, 0.5) is 23.0 Å². The summed E-state index contributed by atoms with van der Waals surface area (Å²) in [5, 5.41) is 21.3. The van der Waals surface area contributed by atoms with Crippen molar-refractivity contribution < 1.29 is 4.92 Å². The first-order chi connectivity index (χ1) is 17.7. The molecule has 1 aliphatic carbocycles. The van der Waals surface area contributed by atoms with Crippen molar-refractivity contribution in [3.63, 3.8) is 0 Å². The molecule has 2 N–H and O–H groups in total. The van der Waals surface area contributed by atoms with Gasteiger partial charge >= 0.3 is 5.69 Å². The number of nitrogens with zero attached hydrogens (tertiary/aromatic N) is 4. The minimum absolute atomic E-state index is 0.0778. The van der Waals surface area contributed by atoms with Gasteiger partial charge in [-0.1, -0.05) is 37.5 Å². The van der Waals surface area contributed by atoms with Crippen LogP contribution in [0.2, 0.25) is 0 Å². The second-order valence-corrected chi connectivity index (χ2v) is 9.82. The Morgan fingerprint density at radius 2 is 1.83 bits per heavy atom. The Labute approximate surface area is 214 Å². The van der Waals surface area contributed by atoms with E-state index in [2.05, 4.69) is 26.0 Å². The number of benzene rings is 1. The van der Waals surface area contributed by atoms with Gasteiger partial charge in [-0.15, -0.1) is 11.3 Å². The summed E-state index contributed by atoms with van der Waals surface area (Å²) in [5.41, 5.74) is 3.63. The Bertz CT molecular complexity index is 1300. The molecule has 0 amide bonds. The molecule has 0 bridgehead atoms. The molecule has 8 nitrogen and oxygen atoms in total. The molecular weight excluding hydrogens is 472 g/mol. The SMILES string of the molecule is O=[N+]([O-])c1ccc(NCCc2ccccn2)nc1Nc1ccc(-c2csc(C3CCCCC3)n2)cc1. The molecular formula is C27H28N6O2S. The predicted octanol–water partition coefficient (Wildman–Crippen LogP) is 6.95. The van der Waals surface area contributed by atoms with E-state index in [0.29, 0.717) is 18.3 Å². The highest BCUT2D eigenvalue weighted by molar-refractivity contribution is 7.10. The molecule has 0 unspecified atom stereocenters. The van der Waals surface area contributed by atoms with Crippen molar-refractivity contribution in [3.05, 3.63) is 87.0 Å². The van der Waals surface area contributed by atoms with Crippen molar-refractivity contribution >= 4 is 34.3 Å². The summed E-state index contributed by atoms with van der Waals surface area (Å²) in [7, 11) is 0. The van der Waals surface area contributed by atoms with Gasteiger partial charge in [0, 0.05) is 53.5 Å². The number of hydrogen-bond donors (Lipinski definition) is 2. The van der Waals surface area contributed by atoms with E-state index in [1.807, 2.05) is 42.5 Å². The lowest BCUT2D eigenvalue weighted by Gasteiger charge is -2.18. The monoisotopic (exact) mass is 500 g/mol. The zero-order valence-electron chi connectivity index (χ0n) is 19.9. The summed E-state index contributed by atoms with van der Waals surface area (Å²) in [5.74, 6) is 1.35. The van der Waals surface area contributed by atoms with E-state index in [4.69, 9.17) is 4.98 Å². The molecule has 1 aliphatic rings. The van der Waals surface area contributed by atoms with Crippen molar-refractivity contribution in [3.8, 4) is 11.3 Å². The van der Waals surface area contributed by atoms with Gasteiger partial charge in [-0.3, -0.25) is 15.1 Å². The molecule has 0 radical (unpaired) electrons. The van der Waals surface area contributed by atoms with Gasteiger partial charge in [0.05, 0.1) is 15.6 Å². The van der Waals surface area contributed by atoms with Crippen molar-refractivity contribution in [2.24, 2.45) is 0 Å². The van der Waals surface area contributed by atoms with E-state index in [0.717, 1.165) is 29.1 Å². The number of rotatable bonds is 9. The van der Waals surface area contributed by atoms with Crippen LogP contribution in [0, 0.1) is 10.1 Å². The first-order valence-corrected chi connectivity index (χ1v) is 13.2. The van der Waals surface area contributed by atoms with E-state index >= 15 is 0 Å². The van der Waals surface area contributed by atoms with Crippen LogP contribution >= 0.6 is 11.3 Å². The number of aromatic nitrogens is 3. The number of nitrogens with one attached hydrogen (secondary N) is 2. The molecule has 0 spiro atoms. The largest absolute Gasteiger partial charge is 0.370 e. The molecule has 1 fully saturated rings. The van der Waals surface area contributed by atoms with Crippen LogP contribution in [0.3, 0.4) is 0 Å². The van der Waals surface area contributed by atoms with Gasteiger partial charge in [-0.25, -0.2) is 9.97 Å². The second kappa shape index (κ2) is 11.3. The molecule has 36 heavy (non-hydrogen) atoms. The molecule has 0 aliphatic heterocycles. The van der Waals surface area contributed by atoms with E-state index in [-0.39, 0.29) is 11.5 Å². The van der Waals surface area contributed by atoms with E-state index in [1.165, 1.54) is 43.2 Å². The molecule has 4 aromatic rings. The lowest BCUT2D eigenvalue weighted by molar-refractivity contribution is -0.384. The Balaban J connectivity index is 1.26. The smallest absolute Gasteiger partial charge is 0.311 e. The first kappa shape index (κ1) is 23.9. The van der Waals surface area contributed by atoms with Crippen LogP contribution in [-0.4, -0.2) is 26.4 Å². The molecule has 184 valence electrons. The number of anilines is 3. The highest BCUT2D eigenvalue weighted by Gasteiger charge is 2.19. The summed E-state index contributed by atoms with van der Waals surface area (Å²) in [4.78, 5) is 24.8. The molecule has 3 aromatic heterocycles. The third-order valence-corrected chi connectivity index (χ3v) is 7.41. The molecule has 0 saturated heterocycles. The standard InChI is InChI=1S/C27H28N6O2S/c34-33(35)24-13-14-25(29-17-15-21-8-4-5-16-28-21)32-26(24)30-22-11-9-19(10-12-22)23-18-36-27(31-23)20-6-2-1-3-7-20/h4-5,8-14,16,18,20H,1-3,6-7,15,17H2,(H2,29,30,32). The Morgan fingerprint density at radius 1 is 1.00 bits per heavy atom. The zero-order chi connectivity index (χ0) is 24.7. The average Bonchev–Trinajstić information content (AvgIpc) is 3.41. The average molecular weight is 501 g/mol. The summed E-state index contributed by atoms with van der Waals surface area (Å²) in [6.45, 7) is 0.618. The molecule has 1 aromatic carbocycles. The predicted molar refractivity (Wildman–Crippen MR) is 144 cm³/mol. The molecule has 1 saturated carbocycles. The molecule has 9 heteroatoms. The Kier molecular flexibility index (Phi) is 7.47. The number of nitro groups is 1. The van der Waals surface area contributed by atoms with Crippen LogP contribution in [0.1, 0.15) is 48.7 Å². The molecule has 5 rings (SSSR count). The second-order valence-electron chi connectivity index (χ2n) is 8.93. The number of hydrogen-bond acceptors (Lipinski definition) is 8. The third-order valence-electron chi connectivity index (χ3n) is 6.40. The van der Waals surface area contributed by atoms with Gasteiger partial charge in [0.25, 0.3) is 0 Å². The van der Waals surface area contributed by atoms with Gasteiger partial charge in [-0.2, -0.15) is 0 Å². The lowest BCUT2D eigenvalue weighted by Crippen LogP contribution is -2.09. The van der Waals surface area contributed by atoms with Crippen LogP contribution in [0.25, 0.3) is 11.3 Å². The van der Waals surface area contributed by atoms with Gasteiger partial charge in [-0.05, 0) is 43.2 Å². The maximum Gasteiger partial charge on any atom is 0.311 e. The van der Waals surface area contributed by atoms with Crippen molar-refractivity contribution in [2.75, 3.05) is 17.2 Å². The Hall–Kier alpha value is -3.85. The lowest BCUT2D eigenvalue weighted by atomic mass is 9.90. The summed E-state index contributed by atoms with van der Waals surface area (Å²) in [6.07, 6.45) is 8.87. The topological polar surface area (TPSA) is 106 Å². The van der Waals surface area contributed by atoms with Gasteiger partial charge in [0.1, 0.15) is 5.82 Å². The molecule has 0 atom stereocenters. The normalized spacial score (nSPS) is 13.9. The van der Waals surface area contributed by atoms with Gasteiger partial charge in [0.15, 0.2) is 0 Å². The fourth-order valence-corrected chi connectivity index (χ4v) is 5.47. The summed E-state index contributed by atoms with van der Waals surface area (Å²) < 4.78 is 0. The highest BCUT2D eigenvalue weighted by Crippen LogP contribution is 2.36. The summed E-state index contributed by atoms with van der Waals surface area (Å²) >= 11 is 1.75. The fraction of sp³-hybridized carbons (Fsp3) is 0.296. The minimum atomic E-state index is -0.427. The quantitative estimate of drug-likeness (QED) is 0.189. The van der Waals surface area contributed by atoms with Crippen LogP contribution in [0.5, 0.6) is 0 Å². The third kappa shape index (κ3) is 5.85. The van der Waals surface area contributed by atoms with Crippen molar-refractivity contribution in [1.29, 1.82) is 0 Å². The van der Waals surface area contributed by atoms with Crippen molar-refractivity contribution in [1.82, 2.24) is 15.0 Å². The first-order valence-electron chi connectivity index (χ1n) is 12.3. The minimum Gasteiger partial charge on any atom is -0.370 e.